The molecule has 0 saturated heterocycles. The molecule has 1 atom stereocenters. The molecule has 3 rings (SSSR count). The van der Waals surface area contributed by atoms with Gasteiger partial charge >= 0.3 is 0 Å². The Morgan fingerprint density at radius 3 is 1.92 bits per heavy atom. The highest BCUT2D eigenvalue weighted by atomic mass is 16.5. The summed E-state index contributed by atoms with van der Waals surface area (Å²) in [4.78, 5) is 0. The minimum absolute atomic E-state index is 0.529. The fourth-order valence-electron chi connectivity index (χ4n) is 3.05. The monoisotopic (exact) mass is 342 g/mol. The van der Waals surface area contributed by atoms with Gasteiger partial charge in [0.25, 0.3) is 0 Å². The summed E-state index contributed by atoms with van der Waals surface area (Å²) in [7, 11) is 0. The minimum Gasteiger partial charge on any atom is -0.494 e. The topological polar surface area (TPSA) is 9.23 Å². The number of benzene rings is 3. The molecule has 3 aromatic rings. The fraction of sp³-hybridized carbons (Fsp3) is 0.200. The first-order valence-corrected chi connectivity index (χ1v) is 9.29. The van der Waals surface area contributed by atoms with Crippen LogP contribution in [0.3, 0.4) is 0 Å². The van der Waals surface area contributed by atoms with Crippen molar-refractivity contribution in [3.05, 3.63) is 101 Å². The molecule has 0 bridgehead atoms. The van der Waals surface area contributed by atoms with Gasteiger partial charge in [0, 0.05) is 0 Å². The molecular formula is C25H26O. The summed E-state index contributed by atoms with van der Waals surface area (Å²) in [6, 6.07) is 27.7. The van der Waals surface area contributed by atoms with Crippen molar-refractivity contribution in [2.75, 3.05) is 6.61 Å². The molecule has 0 unspecified atom stereocenters. The molecule has 0 aliphatic carbocycles. The van der Waals surface area contributed by atoms with E-state index >= 15 is 0 Å². The highest BCUT2D eigenvalue weighted by Crippen LogP contribution is 2.21. The zero-order chi connectivity index (χ0) is 18.2. The molecule has 26 heavy (non-hydrogen) atoms. The van der Waals surface area contributed by atoms with Crippen LogP contribution in [0.1, 0.15) is 42.0 Å². The van der Waals surface area contributed by atoms with Crippen molar-refractivity contribution in [3.8, 4) is 5.75 Å². The maximum atomic E-state index is 5.48. The molecule has 0 radical (unpaired) electrons. The Bertz CT molecular complexity index is 814. The van der Waals surface area contributed by atoms with E-state index in [0.717, 1.165) is 12.2 Å². The molecule has 132 valence electrons. The van der Waals surface area contributed by atoms with Crippen molar-refractivity contribution < 1.29 is 4.74 Å². The van der Waals surface area contributed by atoms with Gasteiger partial charge in [-0.1, -0.05) is 85.8 Å². The Balaban J connectivity index is 1.60. The molecule has 0 heterocycles. The standard InChI is InChI=1S/C25H26O/c1-3-26-25-17-15-22(16-18-25)10-9-21-11-13-23(14-12-21)19-20(2)24-7-5-4-6-8-24/h4-18,20H,3,19H2,1-2H3/t20-/m1/s1. The molecule has 1 nitrogen and oxygen atoms in total. The first kappa shape index (κ1) is 18.0. The first-order valence-electron chi connectivity index (χ1n) is 9.29. The van der Waals surface area contributed by atoms with E-state index in [4.69, 9.17) is 4.74 Å². The van der Waals surface area contributed by atoms with Gasteiger partial charge in [0.05, 0.1) is 6.61 Å². The lowest BCUT2D eigenvalue weighted by Crippen LogP contribution is -1.98. The van der Waals surface area contributed by atoms with Gasteiger partial charge in [0.1, 0.15) is 5.75 Å². The molecule has 0 amide bonds. The predicted molar refractivity (Wildman–Crippen MR) is 112 cm³/mol. The lowest BCUT2D eigenvalue weighted by Gasteiger charge is -2.12. The van der Waals surface area contributed by atoms with E-state index in [1.165, 1.54) is 22.3 Å². The highest BCUT2D eigenvalue weighted by Gasteiger charge is 2.05. The van der Waals surface area contributed by atoms with Crippen LogP contribution in [0.4, 0.5) is 0 Å². The molecule has 1 heteroatoms. The Morgan fingerprint density at radius 2 is 1.35 bits per heavy atom. The third-order valence-electron chi connectivity index (χ3n) is 4.55. The zero-order valence-corrected chi connectivity index (χ0v) is 15.6. The van der Waals surface area contributed by atoms with E-state index in [1.54, 1.807) is 0 Å². The number of ether oxygens (including phenoxy) is 1. The van der Waals surface area contributed by atoms with Gasteiger partial charge in [0.15, 0.2) is 0 Å². The van der Waals surface area contributed by atoms with Gasteiger partial charge in [-0.05, 0) is 53.6 Å². The van der Waals surface area contributed by atoms with Crippen LogP contribution in [0.5, 0.6) is 5.75 Å². The largest absolute Gasteiger partial charge is 0.494 e. The summed E-state index contributed by atoms with van der Waals surface area (Å²) in [5, 5.41) is 0. The average Bonchev–Trinajstić information content (AvgIpc) is 2.69. The Labute approximate surface area is 157 Å². The minimum atomic E-state index is 0.529. The van der Waals surface area contributed by atoms with Crippen LogP contribution in [0.25, 0.3) is 12.2 Å². The third kappa shape index (κ3) is 5.10. The Kier molecular flexibility index (Phi) is 6.27. The van der Waals surface area contributed by atoms with Crippen LogP contribution < -0.4 is 4.74 Å². The van der Waals surface area contributed by atoms with Crippen LogP contribution in [-0.2, 0) is 6.42 Å². The van der Waals surface area contributed by atoms with E-state index in [0.29, 0.717) is 12.5 Å². The van der Waals surface area contributed by atoms with E-state index in [1.807, 2.05) is 19.1 Å². The van der Waals surface area contributed by atoms with Crippen molar-refractivity contribution in [1.29, 1.82) is 0 Å². The van der Waals surface area contributed by atoms with Crippen LogP contribution in [-0.4, -0.2) is 6.61 Å². The van der Waals surface area contributed by atoms with Crippen molar-refractivity contribution in [1.82, 2.24) is 0 Å². The number of hydrogen-bond donors (Lipinski definition) is 0. The quantitative estimate of drug-likeness (QED) is 0.439. The van der Waals surface area contributed by atoms with E-state index < -0.39 is 0 Å². The van der Waals surface area contributed by atoms with Crippen LogP contribution >= 0.6 is 0 Å². The Hall–Kier alpha value is -2.80. The molecule has 0 aliphatic rings. The van der Waals surface area contributed by atoms with Crippen LogP contribution in [0.2, 0.25) is 0 Å². The van der Waals surface area contributed by atoms with E-state index in [-0.39, 0.29) is 0 Å². The lowest BCUT2D eigenvalue weighted by atomic mass is 9.93. The van der Waals surface area contributed by atoms with Crippen LogP contribution in [0, 0.1) is 0 Å². The second-order valence-corrected chi connectivity index (χ2v) is 6.59. The summed E-state index contributed by atoms with van der Waals surface area (Å²) in [5.74, 6) is 1.45. The SMILES string of the molecule is CCOc1ccc(C=Cc2ccc(C[C@@H](C)c3ccccc3)cc2)cc1. The number of hydrogen-bond acceptors (Lipinski definition) is 1. The maximum Gasteiger partial charge on any atom is 0.119 e. The zero-order valence-electron chi connectivity index (χ0n) is 15.6. The second kappa shape index (κ2) is 9.05. The summed E-state index contributed by atoms with van der Waals surface area (Å²) in [6.45, 7) is 4.98. The molecule has 0 aromatic heterocycles. The smallest absolute Gasteiger partial charge is 0.119 e. The van der Waals surface area contributed by atoms with Crippen molar-refractivity contribution >= 4 is 12.2 Å². The van der Waals surface area contributed by atoms with E-state index in [9.17, 15) is 0 Å². The van der Waals surface area contributed by atoms with Crippen molar-refractivity contribution in [2.24, 2.45) is 0 Å². The van der Waals surface area contributed by atoms with Gasteiger partial charge in [-0.25, -0.2) is 0 Å². The molecule has 0 aliphatic heterocycles. The van der Waals surface area contributed by atoms with E-state index in [2.05, 4.69) is 85.8 Å². The van der Waals surface area contributed by atoms with Crippen molar-refractivity contribution in [2.45, 2.75) is 26.2 Å². The van der Waals surface area contributed by atoms with Gasteiger partial charge in [-0.15, -0.1) is 0 Å². The summed E-state index contributed by atoms with van der Waals surface area (Å²) in [6.07, 6.45) is 5.35. The molecule has 3 aromatic carbocycles. The summed E-state index contributed by atoms with van der Waals surface area (Å²) < 4.78 is 5.48. The summed E-state index contributed by atoms with van der Waals surface area (Å²) >= 11 is 0. The lowest BCUT2D eigenvalue weighted by molar-refractivity contribution is 0.340. The fourth-order valence-corrected chi connectivity index (χ4v) is 3.05. The van der Waals surface area contributed by atoms with Gasteiger partial charge in [-0.2, -0.15) is 0 Å². The highest BCUT2D eigenvalue weighted by molar-refractivity contribution is 5.69. The number of rotatable bonds is 7. The normalized spacial score (nSPS) is 12.2. The van der Waals surface area contributed by atoms with Crippen molar-refractivity contribution in [3.63, 3.8) is 0 Å². The third-order valence-corrected chi connectivity index (χ3v) is 4.55. The van der Waals surface area contributed by atoms with Gasteiger partial charge < -0.3 is 4.74 Å². The molecular weight excluding hydrogens is 316 g/mol. The van der Waals surface area contributed by atoms with Crippen LogP contribution in [0.15, 0.2) is 78.9 Å². The predicted octanol–water partition coefficient (Wildman–Crippen LogP) is 6.60. The average molecular weight is 342 g/mol. The molecule has 0 fully saturated rings. The first-order chi connectivity index (χ1) is 12.7. The summed E-state index contributed by atoms with van der Waals surface area (Å²) in [5.41, 5.74) is 5.16. The second-order valence-electron chi connectivity index (χ2n) is 6.59. The maximum absolute atomic E-state index is 5.48. The Morgan fingerprint density at radius 1 is 0.769 bits per heavy atom. The molecule has 0 saturated carbocycles. The molecule has 0 N–H and O–H groups in total. The molecule has 0 spiro atoms. The van der Waals surface area contributed by atoms with Gasteiger partial charge in [-0.3, -0.25) is 0 Å². The van der Waals surface area contributed by atoms with Gasteiger partial charge in [0.2, 0.25) is 0 Å².